The largest absolute Gasteiger partial charge is 0.398 e. The number of rotatable bonds is 4. The van der Waals surface area contributed by atoms with Crippen LogP contribution in [0.15, 0.2) is 17.0 Å². The van der Waals surface area contributed by atoms with Gasteiger partial charge in [0.25, 0.3) is 0 Å². The summed E-state index contributed by atoms with van der Waals surface area (Å²) < 4.78 is 27.4. The molecule has 2 rings (SSSR count). The van der Waals surface area contributed by atoms with Crippen molar-refractivity contribution in [3.63, 3.8) is 0 Å². The number of nitrogens with one attached hydrogen (secondary N) is 1. The zero-order valence-electron chi connectivity index (χ0n) is 12.0. The number of halogens is 1. The van der Waals surface area contributed by atoms with Gasteiger partial charge in [-0.15, -0.1) is 0 Å². The van der Waals surface area contributed by atoms with Gasteiger partial charge >= 0.3 is 0 Å². The number of aliphatic hydroxyl groups excluding tert-OH is 1. The second kappa shape index (κ2) is 6.52. The van der Waals surface area contributed by atoms with Crippen LogP contribution in [0.2, 0.25) is 5.02 Å². The number of benzene rings is 1. The molecule has 0 saturated heterocycles. The van der Waals surface area contributed by atoms with Gasteiger partial charge in [-0.2, -0.15) is 0 Å². The lowest BCUT2D eigenvalue weighted by Crippen LogP contribution is -2.32. The molecule has 5 nitrogen and oxygen atoms in total. The number of sulfonamides is 1. The molecule has 0 unspecified atom stereocenters. The molecule has 0 heterocycles. The molecular formula is C14H21ClN2O3S. The summed E-state index contributed by atoms with van der Waals surface area (Å²) in [5.41, 5.74) is 6.64. The van der Waals surface area contributed by atoms with E-state index in [-0.39, 0.29) is 16.9 Å². The molecule has 0 aromatic heterocycles. The maximum Gasteiger partial charge on any atom is 0.240 e. The molecule has 1 aromatic rings. The van der Waals surface area contributed by atoms with E-state index in [1.54, 1.807) is 13.0 Å². The molecule has 0 radical (unpaired) electrons. The average molecular weight is 333 g/mol. The third-order valence-corrected chi connectivity index (χ3v) is 5.80. The first kappa shape index (κ1) is 16.5. The molecule has 1 aromatic carbocycles. The van der Waals surface area contributed by atoms with Gasteiger partial charge in [-0.1, -0.05) is 11.6 Å². The Bertz CT molecular complexity index is 611. The van der Waals surface area contributed by atoms with E-state index >= 15 is 0 Å². The number of nitrogens with two attached hydrogens (primary N) is 1. The summed E-state index contributed by atoms with van der Waals surface area (Å²) in [6.45, 7) is 2.04. The summed E-state index contributed by atoms with van der Waals surface area (Å²) >= 11 is 5.89. The Morgan fingerprint density at radius 2 is 1.95 bits per heavy atom. The molecule has 1 aliphatic carbocycles. The molecule has 1 aliphatic rings. The first-order valence-corrected chi connectivity index (χ1v) is 8.89. The molecule has 1 fully saturated rings. The SMILES string of the molecule is Cc1c(N)cc(Cl)cc1S(=O)(=O)NCC1CCC(O)CC1. The Kier molecular flexibility index (Phi) is 5.14. The van der Waals surface area contributed by atoms with Gasteiger partial charge in [0.05, 0.1) is 11.0 Å². The number of anilines is 1. The van der Waals surface area contributed by atoms with Crippen molar-refractivity contribution < 1.29 is 13.5 Å². The van der Waals surface area contributed by atoms with Crippen molar-refractivity contribution in [3.05, 3.63) is 22.7 Å². The first-order chi connectivity index (χ1) is 9.79. The van der Waals surface area contributed by atoms with Gasteiger partial charge in [0.15, 0.2) is 0 Å². The highest BCUT2D eigenvalue weighted by atomic mass is 35.5. The van der Waals surface area contributed by atoms with Crippen molar-refractivity contribution in [2.24, 2.45) is 5.92 Å². The third-order valence-electron chi connectivity index (χ3n) is 4.03. The summed E-state index contributed by atoms with van der Waals surface area (Å²) in [5.74, 6) is 0.264. The number of nitrogen functional groups attached to an aromatic ring is 1. The van der Waals surface area contributed by atoms with Crippen molar-refractivity contribution in [1.82, 2.24) is 4.72 Å². The highest BCUT2D eigenvalue weighted by Crippen LogP contribution is 2.27. The summed E-state index contributed by atoms with van der Waals surface area (Å²) in [4.78, 5) is 0.128. The topological polar surface area (TPSA) is 92.4 Å². The lowest BCUT2D eigenvalue weighted by molar-refractivity contribution is 0.109. The zero-order valence-corrected chi connectivity index (χ0v) is 13.5. The van der Waals surface area contributed by atoms with E-state index in [2.05, 4.69) is 4.72 Å². The van der Waals surface area contributed by atoms with Crippen molar-refractivity contribution >= 4 is 27.3 Å². The van der Waals surface area contributed by atoms with Gasteiger partial charge in [0.1, 0.15) is 0 Å². The Morgan fingerprint density at radius 1 is 1.33 bits per heavy atom. The van der Waals surface area contributed by atoms with Crippen molar-refractivity contribution in [3.8, 4) is 0 Å². The predicted molar refractivity (Wildman–Crippen MR) is 83.8 cm³/mol. The maximum atomic E-state index is 12.4. The Balaban J connectivity index is 2.09. The molecule has 0 aliphatic heterocycles. The van der Waals surface area contributed by atoms with Crippen molar-refractivity contribution in [2.75, 3.05) is 12.3 Å². The number of hydrogen-bond acceptors (Lipinski definition) is 4. The quantitative estimate of drug-likeness (QED) is 0.736. The van der Waals surface area contributed by atoms with Crippen LogP contribution in [0, 0.1) is 12.8 Å². The van der Waals surface area contributed by atoms with Crippen LogP contribution in [0.4, 0.5) is 5.69 Å². The molecule has 21 heavy (non-hydrogen) atoms. The fourth-order valence-electron chi connectivity index (χ4n) is 2.61. The lowest BCUT2D eigenvalue weighted by atomic mass is 9.88. The van der Waals surface area contributed by atoms with E-state index < -0.39 is 10.0 Å². The van der Waals surface area contributed by atoms with E-state index in [0.717, 1.165) is 25.7 Å². The molecule has 1 saturated carbocycles. The average Bonchev–Trinajstić information content (AvgIpc) is 2.42. The van der Waals surface area contributed by atoms with E-state index in [1.807, 2.05) is 0 Å². The molecule has 7 heteroatoms. The normalized spacial score (nSPS) is 23.2. The van der Waals surface area contributed by atoms with Crippen LogP contribution in [0.25, 0.3) is 0 Å². The monoisotopic (exact) mass is 332 g/mol. The van der Waals surface area contributed by atoms with E-state index in [0.29, 0.717) is 22.8 Å². The van der Waals surface area contributed by atoms with Crippen LogP contribution in [0.3, 0.4) is 0 Å². The van der Waals surface area contributed by atoms with E-state index in [9.17, 15) is 13.5 Å². The zero-order chi connectivity index (χ0) is 15.6. The van der Waals surface area contributed by atoms with Gasteiger partial charge in [-0.3, -0.25) is 0 Å². The number of hydrogen-bond donors (Lipinski definition) is 3. The van der Waals surface area contributed by atoms with E-state index in [4.69, 9.17) is 17.3 Å². The molecule has 4 N–H and O–H groups in total. The van der Waals surface area contributed by atoms with E-state index in [1.165, 1.54) is 6.07 Å². The van der Waals surface area contributed by atoms with Crippen LogP contribution in [-0.2, 0) is 10.0 Å². The highest BCUT2D eigenvalue weighted by Gasteiger charge is 2.23. The second-order valence-electron chi connectivity index (χ2n) is 5.64. The smallest absolute Gasteiger partial charge is 0.240 e. The minimum atomic E-state index is -3.63. The van der Waals surface area contributed by atoms with Crippen LogP contribution < -0.4 is 10.5 Å². The predicted octanol–water partition coefficient (Wildman–Crippen LogP) is 2.06. The molecule has 0 amide bonds. The second-order valence-corrected chi connectivity index (χ2v) is 7.82. The molecule has 118 valence electrons. The first-order valence-electron chi connectivity index (χ1n) is 7.03. The molecule has 0 spiro atoms. The summed E-state index contributed by atoms with van der Waals surface area (Å²) in [6, 6.07) is 2.96. The fourth-order valence-corrected chi connectivity index (χ4v) is 4.31. The fraction of sp³-hybridized carbons (Fsp3) is 0.571. The van der Waals surface area contributed by atoms with Crippen molar-refractivity contribution in [2.45, 2.75) is 43.6 Å². The van der Waals surface area contributed by atoms with Gasteiger partial charge < -0.3 is 10.8 Å². The third kappa shape index (κ3) is 4.10. The van der Waals surface area contributed by atoms with Gasteiger partial charge in [-0.25, -0.2) is 13.1 Å². The minimum Gasteiger partial charge on any atom is -0.398 e. The molecular weight excluding hydrogens is 312 g/mol. The molecule has 0 bridgehead atoms. The van der Waals surface area contributed by atoms with Crippen LogP contribution in [-0.4, -0.2) is 26.2 Å². The maximum absolute atomic E-state index is 12.4. The lowest BCUT2D eigenvalue weighted by Gasteiger charge is -2.25. The number of aliphatic hydroxyl groups is 1. The van der Waals surface area contributed by atoms with Crippen LogP contribution in [0.5, 0.6) is 0 Å². The summed E-state index contributed by atoms with van der Waals surface area (Å²) in [6.07, 6.45) is 2.89. The Labute approximate surface area is 130 Å². The van der Waals surface area contributed by atoms with Gasteiger partial charge in [-0.05, 0) is 56.2 Å². The molecule has 0 atom stereocenters. The summed E-state index contributed by atoms with van der Waals surface area (Å²) in [7, 11) is -3.63. The van der Waals surface area contributed by atoms with Crippen LogP contribution >= 0.6 is 11.6 Å². The standard InChI is InChI=1S/C14H21ClN2O3S/c1-9-13(16)6-11(15)7-14(9)21(19,20)17-8-10-2-4-12(18)5-3-10/h6-7,10,12,17-18H,2-5,8,16H2,1H3. The Hall–Kier alpha value is -0.820. The summed E-state index contributed by atoms with van der Waals surface area (Å²) in [5, 5.41) is 9.77. The highest BCUT2D eigenvalue weighted by molar-refractivity contribution is 7.89. The van der Waals surface area contributed by atoms with Crippen LogP contribution in [0.1, 0.15) is 31.2 Å². The van der Waals surface area contributed by atoms with Gasteiger partial charge in [0, 0.05) is 17.3 Å². The van der Waals surface area contributed by atoms with Gasteiger partial charge in [0.2, 0.25) is 10.0 Å². The van der Waals surface area contributed by atoms with Crippen molar-refractivity contribution in [1.29, 1.82) is 0 Å². The Morgan fingerprint density at radius 3 is 2.57 bits per heavy atom. The minimum absolute atomic E-state index is 0.128.